The van der Waals surface area contributed by atoms with E-state index in [1.165, 1.54) is 31.5 Å². The first-order chi connectivity index (χ1) is 12.7. The van der Waals surface area contributed by atoms with Gasteiger partial charge in [0.2, 0.25) is 0 Å². The van der Waals surface area contributed by atoms with Crippen molar-refractivity contribution in [2.45, 2.75) is 72.3 Å². The highest BCUT2D eigenvalue weighted by Gasteiger charge is 2.24. The normalized spacial score (nSPS) is 24.3. The molecule has 0 aromatic carbocycles. The summed E-state index contributed by atoms with van der Waals surface area (Å²) in [7, 11) is 0. The van der Waals surface area contributed by atoms with Crippen LogP contribution >= 0.6 is 0 Å². The molecule has 3 heterocycles. The fourth-order valence-electron chi connectivity index (χ4n) is 4.41. The van der Waals surface area contributed by atoms with E-state index in [0.717, 1.165) is 75.6 Å². The van der Waals surface area contributed by atoms with Crippen molar-refractivity contribution in [2.75, 3.05) is 26.2 Å². The van der Waals surface area contributed by atoms with Gasteiger partial charge in [0.05, 0.1) is 0 Å². The monoisotopic (exact) mass is 360 g/mol. The summed E-state index contributed by atoms with van der Waals surface area (Å²) >= 11 is 0. The molecule has 146 valence electrons. The Morgan fingerprint density at radius 3 is 2.73 bits per heavy atom. The van der Waals surface area contributed by atoms with Crippen LogP contribution in [0.2, 0.25) is 0 Å². The highest BCUT2D eigenvalue weighted by molar-refractivity contribution is 5.80. The van der Waals surface area contributed by atoms with E-state index in [2.05, 4.69) is 45.8 Å². The standard InChI is InChI=1S/C20H36N6/c1-4-21-20(25-14-16(2)13-17(3)15-25)22-11-8-10-19-24-23-18-9-6-5-7-12-26(18)19/h16-17H,4-15H2,1-3H3,(H,21,22). The molecule has 0 aliphatic carbocycles. The average Bonchev–Trinajstić information content (AvgIpc) is 2.83. The van der Waals surface area contributed by atoms with Crippen LogP contribution in [-0.2, 0) is 19.4 Å². The second kappa shape index (κ2) is 9.38. The number of fused-ring (bicyclic) bond motifs is 1. The second-order valence-corrected chi connectivity index (χ2v) is 8.18. The summed E-state index contributed by atoms with van der Waals surface area (Å²) < 4.78 is 2.36. The van der Waals surface area contributed by atoms with E-state index in [-0.39, 0.29) is 0 Å². The minimum Gasteiger partial charge on any atom is -0.357 e. The lowest BCUT2D eigenvalue weighted by Crippen LogP contribution is -2.48. The van der Waals surface area contributed by atoms with Crippen LogP contribution in [0.15, 0.2) is 4.99 Å². The maximum atomic E-state index is 4.91. The highest BCUT2D eigenvalue weighted by atomic mass is 15.3. The molecule has 0 bridgehead atoms. The number of aromatic nitrogens is 3. The first-order valence-electron chi connectivity index (χ1n) is 10.6. The van der Waals surface area contributed by atoms with Gasteiger partial charge in [0, 0.05) is 45.6 Å². The van der Waals surface area contributed by atoms with Crippen molar-refractivity contribution in [1.29, 1.82) is 0 Å². The average molecular weight is 361 g/mol. The minimum absolute atomic E-state index is 0.744. The largest absolute Gasteiger partial charge is 0.357 e. The van der Waals surface area contributed by atoms with E-state index in [1.54, 1.807) is 0 Å². The Kier molecular flexibility index (Phi) is 6.92. The molecule has 26 heavy (non-hydrogen) atoms. The zero-order chi connectivity index (χ0) is 18.4. The van der Waals surface area contributed by atoms with Crippen molar-refractivity contribution in [3.8, 4) is 0 Å². The molecule has 6 nitrogen and oxygen atoms in total. The van der Waals surface area contributed by atoms with E-state index in [4.69, 9.17) is 4.99 Å². The number of piperidine rings is 1. The molecule has 2 atom stereocenters. The predicted molar refractivity (Wildman–Crippen MR) is 106 cm³/mol. The number of rotatable bonds is 5. The van der Waals surface area contributed by atoms with Crippen molar-refractivity contribution in [3.05, 3.63) is 11.6 Å². The summed E-state index contributed by atoms with van der Waals surface area (Å²) in [5.41, 5.74) is 0. The van der Waals surface area contributed by atoms with Gasteiger partial charge in [-0.3, -0.25) is 4.99 Å². The van der Waals surface area contributed by atoms with E-state index in [9.17, 15) is 0 Å². The van der Waals surface area contributed by atoms with Crippen molar-refractivity contribution >= 4 is 5.96 Å². The SMILES string of the molecule is CCNC(=NCCCc1nnc2n1CCCCC2)N1CC(C)CC(C)C1. The summed E-state index contributed by atoms with van der Waals surface area (Å²) in [5, 5.41) is 12.3. The Balaban J connectivity index is 1.55. The van der Waals surface area contributed by atoms with Gasteiger partial charge in [-0.1, -0.05) is 20.3 Å². The molecule has 2 aliphatic rings. The van der Waals surface area contributed by atoms with Crippen molar-refractivity contribution in [2.24, 2.45) is 16.8 Å². The van der Waals surface area contributed by atoms with Gasteiger partial charge in [0.25, 0.3) is 0 Å². The number of guanidine groups is 1. The summed E-state index contributed by atoms with van der Waals surface area (Å²) in [4.78, 5) is 7.36. The van der Waals surface area contributed by atoms with Gasteiger partial charge in [0.1, 0.15) is 11.6 Å². The number of aryl methyl sites for hydroxylation is 2. The van der Waals surface area contributed by atoms with Crippen molar-refractivity contribution < 1.29 is 0 Å². The molecule has 1 aromatic heterocycles. The fourth-order valence-corrected chi connectivity index (χ4v) is 4.41. The lowest BCUT2D eigenvalue weighted by molar-refractivity contribution is 0.208. The third-order valence-electron chi connectivity index (χ3n) is 5.51. The molecule has 6 heteroatoms. The van der Waals surface area contributed by atoms with Gasteiger partial charge in [-0.15, -0.1) is 10.2 Å². The zero-order valence-corrected chi connectivity index (χ0v) is 16.9. The van der Waals surface area contributed by atoms with Gasteiger partial charge in [-0.25, -0.2) is 0 Å². The lowest BCUT2D eigenvalue weighted by atomic mass is 9.92. The number of nitrogens with one attached hydrogen (secondary N) is 1. The maximum absolute atomic E-state index is 4.91. The Morgan fingerprint density at radius 1 is 1.15 bits per heavy atom. The molecule has 3 rings (SSSR count). The summed E-state index contributed by atoms with van der Waals surface area (Å²) in [6.45, 7) is 12.0. The number of hydrogen-bond donors (Lipinski definition) is 1. The van der Waals surface area contributed by atoms with Crippen LogP contribution in [-0.4, -0.2) is 51.8 Å². The number of nitrogens with zero attached hydrogens (tertiary/aromatic N) is 5. The van der Waals surface area contributed by atoms with E-state index in [0.29, 0.717) is 0 Å². The molecule has 1 N–H and O–H groups in total. The van der Waals surface area contributed by atoms with E-state index in [1.807, 2.05) is 0 Å². The van der Waals surface area contributed by atoms with Gasteiger partial charge in [-0.2, -0.15) is 0 Å². The number of hydrogen-bond acceptors (Lipinski definition) is 3. The summed E-state index contributed by atoms with van der Waals surface area (Å²) in [5.74, 6) is 4.92. The van der Waals surface area contributed by atoms with E-state index >= 15 is 0 Å². The maximum Gasteiger partial charge on any atom is 0.193 e. The van der Waals surface area contributed by atoms with Crippen LogP contribution < -0.4 is 5.32 Å². The van der Waals surface area contributed by atoms with Gasteiger partial charge < -0.3 is 14.8 Å². The fraction of sp³-hybridized carbons (Fsp3) is 0.850. The first-order valence-corrected chi connectivity index (χ1v) is 10.6. The van der Waals surface area contributed by atoms with Crippen LogP contribution in [0.25, 0.3) is 0 Å². The third-order valence-corrected chi connectivity index (χ3v) is 5.51. The van der Waals surface area contributed by atoms with Crippen LogP contribution in [0.5, 0.6) is 0 Å². The van der Waals surface area contributed by atoms with Crippen LogP contribution in [0.4, 0.5) is 0 Å². The van der Waals surface area contributed by atoms with Crippen LogP contribution in [0.1, 0.15) is 64.5 Å². The van der Waals surface area contributed by atoms with Crippen molar-refractivity contribution in [3.63, 3.8) is 0 Å². The van der Waals surface area contributed by atoms with Crippen LogP contribution in [0, 0.1) is 11.8 Å². The third kappa shape index (κ3) is 4.98. The predicted octanol–water partition coefficient (Wildman–Crippen LogP) is 2.88. The molecule has 1 saturated heterocycles. The topological polar surface area (TPSA) is 58.3 Å². The smallest absolute Gasteiger partial charge is 0.193 e. The molecule has 1 fully saturated rings. The quantitative estimate of drug-likeness (QED) is 0.498. The molecular weight excluding hydrogens is 324 g/mol. The molecule has 2 unspecified atom stereocenters. The minimum atomic E-state index is 0.744. The molecule has 0 radical (unpaired) electrons. The molecule has 0 saturated carbocycles. The lowest BCUT2D eigenvalue weighted by Gasteiger charge is -2.37. The molecule has 1 aromatic rings. The Morgan fingerprint density at radius 2 is 1.96 bits per heavy atom. The van der Waals surface area contributed by atoms with Gasteiger partial charge >= 0.3 is 0 Å². The molecular formula is C20H36N6. The molecule has 0 amide bonds. The Bertz CT molecular complexity index is 583. The Labute approximate surface area is 158 Å². The van der Waals surface area contributed by atoms with E-state index < -0.39 is 0 Å². The summed E-state index contributed by atoms with van der Waals surface area (Å²) in [6.07, 6.45) is 8.24. The first kappa shape index (κ1) is 19.2. The number of aliphatic imine (C=N–C) groups is 1. The highest BCUT2D eigenvalue weighted by Crippen LogP contribution is 2.21. The van der Waals surface area contributed by atoms with Gasteiger partial charge in [0.15, 0.2) is 5.96 Å². The summed E-state index contributed by atoms with van der Waals surface area (Å²) in [6, 6.07) is 0. The van der Waals surface area contributed by atoms with Gasteiger partial charge in [-0.05, 0) is 44.4 Å². The second-order valence-electron chi connectivity index (χ2n) is 8.18. The zero-order valence-electron chi connectivity index (χ0n) is 16.9. The number of likely N-dealkylation sites (tertiary alicyclic amines) is 1. The molecule has 0 spiro atoms. The van der Waals surface area contributed by atoms with Crippen LogP contribution in [0.3, 0.4) is 0 Å². The Hall–Kier alpha value is -1.59. The van der Waals surface area contributed by atoms with Crippen molar-refractivity contribution in [1.82, 2.24) is 25.0 Å². The molecule has 2 aliphatic heterocycles.